The maximum absolute atomic E-state index is 11.0. The molecule has 0 aliphatic carbocycles. The zero-order chi connectivity index (χ0) is 11.3. The van der Waals surface area contributed by atoms with Crippen molar-refractivity contribution in [3.63, 3.8) is 0 Å². The number of hydrogen-bond acceptors (Lipinski definition) is 4. The van der Waals surface area contributed by atoms with E-state index in [1.165, 1.54) is 6.08 Å². The molecular formula is C11H14N2O2. The molecule has 0 amide bonds. The molecule has 4 heteroatoms. The van der Waals surface area contributed by atoms with Gasteiger partial charge in [-0.25, -0.2) is 9.78 Å². The fourth-order valence-corrected chi connectivity index (χ4v) is 1.05. The van der Waals surface area contributed by atoms with Crippen molar-refractivity contribution >= 4 is 17.9 Å². The quantitative estimate of drug-likeness (QED) is 0.602. The number of nitrogens with zero attached hydrogens (tertiary/aromatic N) is 1. The van der Waals surface area contributed by atoms with E-state index in [-0.39, 0.29) is 5.97 Å². The number of aryl methyl sites for hydroxylation is 1. The number of ether oxygens (including phenoxy) is 1. The van der Waals surface area contributed by atoms with Crippen LogP contribution in [0.3, 0.4) is 0 Å². The van der Waals surface area contributed by atoms with Crippen LogP contribution in [0, 0.1) is 6.92 Å². The summed E-state index contributed by atoms with van der Waals surface area (Å²) >= 11 is 0. The minimum atomic E-state index is -0.355. The molecule has 0 atom stereocenters. The van der Waals surface area contributed by atoms with Gasteiger partial charge in [0.1, 0.15) is 5.82 Å². The van der Waals surface area contributed by atoms with Crippen molar-refractivity contribution in [1.82, 2.24) is 4.98 Å². The molecule has 80 valence electrons. The molecule has 1 rings (SSSR count). The predicted octanol–water partition coefficient (Wildman–Crippen LogP) is 1.55. The van der Waals surface area contributed by atoms with E-state index in [1.54, 1.807) is 19.2 Å². The Morgan fingerprint density at radius 1 is 1.67 bits per heavy atom. The van der Waals surface area contributed by atoms with Crippen LogP contribution in [0.25, 0.3) is 6.08 Å². The largest absolute Gasteiger partial charge is 0.463 e. The summed E-state index contributed by atoms with van der Waals surface area (Å²) in [5.41, 5.74) is 7.28. The molecule has 0 radical (unpaired) electrons. The van der Waals surface area contributed by atoms with Crippen LogP contribution in [0.1, 0.15) is 18.1 Å². The van der Waals surface area contributed by atoms with Crippen LogP contribution in [-0.4, -0.2) is 17.6 Å². The summed E-state index contributed by atoms with van der Waals surface area (Å²) in [6.07, 6.45) is 4.63. The number of nitrogen functional groups attached to an aromatic ring is 1. The SMILES string of the molecule is CCOC(=O)/C=C/c1cnc(N)c(C)c1. The van der Waals surface area contributed by atoms with Crippen LogP contribution in [-0.2, 0) is 9.53 Å². The van der Waals surface area contributed by atoms with E-state index in [0.29, 0.717) is 12.4 Å². The molecule has 2 N–H and O–H groups in total. The lowest BCUT2D eigenvalue weighted by atomic mass is 10.2. The summed E-state index contributed by atoms with van der Waals surface area (Å²) < 4.78 is 4.75. The molecule has 0 bridgehead atoms. The second kappa shape index (κ2) is 5.14. The highest BCUT2D eigenvalue weighted by Crippen LogP contribution is 2.10. The third kappa shape index (κ3) is 3.42. The first-order chi connectivity index (χ1) is 7.13. The van der Waals surface area contributed by atoms with Gasteiger partial charge in [0.25, 0.3) is 0 Å². The first-order valence-corrected chi connectivity index (χ1v) is 4.70. The van der Waals surface area contributed by atoms with E-state index in [9.17, 15) is 4.79 Å². The van der Waals surface area contributed by atoms with Gasteiger partial charge in [0.05, 0.1) is 6.61 Å². The highest BCUT2D eigenvalue weighted by atomic mass is 16.5. The smallest absolute Gasteiger partial charge is 0.330 e. The highest BCUT2D eigenvalue weighted by molar-refractivity contribution is 5.87. The first-order valence-electron chi connectivity index (χ1n) is 4.70. The first kappa shape index (κ1) is 11.2. The van der Waals surface area contributed by atoms with Gasteiger partial charge in [0, 0.05) is 12.3 Å². The van der Waals surface area contributed by atoms with Crippen molar-refractivity contribution < 1.29 is 9.53 Å². The van der Waals surface area contributed by atoms with Gasteiger partial charge in [0.2, 0.25) is 0 Å². The van der Waals surface area contributed by atoms with Gasteiger partial charge >= 0.3 is 5.97 Å². The topological polar surface area (TPSA) is 65.2 Å². The Balaban J connectivity index is 2.72. The summed E-state index contributed by atoms with van der Waals surface area (Å²) in [7, 11) is 0. The Morgan fingerprint density at radius 2 is 2.40 bits per heavy atom. The lowest BCUT2D eigenvalue weighted by molar-refractivity contribution is -0.137. The van der Waals surface area contributed by atoms with Gasteiger partial charge in [-0.2, -0.15) is 0 Å². The second-order valence-corrected chi connectivity index (χ2v) is 3.06. The maximum atomic E-state index is 11.0. The molecule has 0 aliphatic heterocycles. The van der Waals surface area contributed by atoms with Crippen LogP contribution in [0.2, 0.25) is 0 Å². The third-order valence-corrected chi connectivity index (χ3v) is 1.84. The van der Waals surface area contributed by atoms with Crippen LogP contribution < -0.4 is 5.73 Å². The fraction of sp³-hybridized carbons (Fsp3) is 0.273. The predicted molar refractivity (Wildman–Crippen MR) is 59.1 cm³/mol. The number of aromatic nitrogens is 1. The molecule has 0 saturated carbocycles. The average molecular weight is 206 g/mol. The fourth-order valence-electron chi connectivity index (χ4n) is 1.05. The molecule has 1 aromatic heterocycles. The van der Waals surface area contributed by atoms with Crippen LogP contribution in [0.5, 0.6) is 0 Å². The van der Waals surface area contributed by atoms with Crippen molar-refractivity contribution in [3.8, 4) is 0 Å². The van der Waals surface area contributed by atoms with Crippen molar-refractivity contribution in [2.24, 2.45) is 0 Å². The summed E-state index contributed by atoms with van der Waals surface area (Å²) in [5.74, 6) is 0.148. The molecular weight excluding hydrogens is 192 g/mol. The lowest BCUT2D eigenvalue weighted by Crippen LogP contribution is -1.99. The Hall–Kier alpha value is -1.84. The van der Waals surface area contributed by atoms with Gasteiger partial charge < -0.3 is 10.5 Å². The van der Waals surface area contributed by atoms with Crippen LogP contribution >= 0.6 is 0 Å². The molecule has 0 unspecified atom stereocenters. The molecule has 15 heavy (non-hydrogen) atoms. The highest BCUT2D eigenvalue weighted by Gasteiger charge is 1.97. The number of rotatable bonds is 3. The summed E-state index contributed by atoms with van der Waals surface area (Å²) in [6.45, 7) is 4.01. The Kier molecular flexibility index (Phi) is 3.85. The minimum Gasteiger partial charge on any atom is -0.463 e. The monoisotopic (exact) mass is 206 g/mol. The minimum absolute atomic E-state index is 0.355. The Labute approximate surface area is 88.8 Å². The number of nitrogens with two attached hydrogens (primary N) is 1. The number of pyridine rings is 1. The lowest BCUT2D eigenvalue weighted by Gasteiger charge is -1.99. The number of hydrogen-bond donors (Lipinski definition) is 1. The van der Waals surface area contributed by atoms with Gasteiger partial charge in [0.15, 0.2) is 0 Å². The Morgan fingerprint density at radius 3 is 3.00 bits per heavy atom. The molecule has 0 aliphatic rings. The second-order valence-electron chi connectivity index (χ2n) is 3.06. The average Bonchev–Trinajstić information content (AvgIpc) is 2.20. The van der Waals surface area contributed by atoms with Crippen molar-refractivity contribution in [2.75, 3.05) is 12.3 Å². The number of esters is 1. The zero-order valence-electron chi connectivity index (χ0n) is 8.86. The van der Waals surface area contributed by atoms with E-state index >= 15 is 0 Å². The van der Waals surface area contributed by atoms with Gasteiger partial charge in [-0.1, -0.05) is 0 Å². The molecule has 1 aromatic rings. The van der Waals surface area contributed by atoms with Gasteiger partial charge in [-0.05, 0) is 37.1 Å². The van der Waals surface area contributed by atoms with E-state index in [2.05, 4.69) is 4.98 Å². The summed E-state index contributed by atoms with van der Waals surface area (Å²) in [5, 5.41) is 0. The van der Waals surface area contributed by atoms with Crippen molar-refractivity contribution in [2.45, 2.75) is 13.8 Å². The maximum Gasteiger partial charge on any atom is 0.330 e. The molecule has 1 heterocycles. The van der Waals surface area contributed by atoms with E-state index in [1.807, 2.05) is 13.0 Å². The molecule has 0 aromatic carbocycles. The molecule has 0 fully saturated rings. The molecule has 0 spiro atoms. The van der Waals surface area contributed by atoms with Crippen LogP contribution in [0.15, 0.2) is 18.3 Å². The van der Waals surface area contributed by atoms with Gasteiger partial charge in [-0.3, -0.25) is 0 Å². The van der Waals surface area contributed by atoms with E-state index < -0.39 is 0 Å². The van der Waals surface area contributed by atoms with Gasteiger partial charge in [-0.15, -0.1) is 0 Å². The van der Waals surface area contributed by atoms with E-state index in [4.69, 9.17) is 10.5 Å². The van der Waals surface area contributed by atoms with Crippen LogP contribution in [0.4, 0.5) is 5.82 Å². The molecule has 4 nitrogen and oxygen atoms in total. The third-order valence-electron chi connectivity index (χ3n) is 1.84. The van der Waals surface area contributed by atoms with Crippen molar-refractivity contribution in [3.05, 3.63) is 29.5 Å². The molecule has 0 saturated heterocycles. The van der Waals surface area contributed by atoms with Crippen molar-refractivity contribution in [1.29, 1.82) is 0 Å². The number of carbonyl (C=O) groups is 1. The number of anilines is 1. The summed E-state index contributed by atoms with van der Waals surface area (Å²) in [6, 6.07) is 1.86. The standard InChI is InChI=1S/C11H14N2O2/c1-3-15-10(14)5-4-9-6-8(2)11(12)13-7-9/h4-7H,3H2,1-2H3,(H2,12,13)/b5-4+. The summed E-state index contributed by atoms with van der Waals surface area (Å²) in [4.78, 5) is 15.0. The van der Waals surface area contributed by atoms with E-state index in [0.717, 1.165) is 11.1 Å². The normalized spacial score (nSPS) is 10.5. The Bertz CT molecular complexity index is 386. The number of carbonyl (C=O) groups excluding carboxylic acids is 1. The zero-order valence-corrected chi connectivity index (χ0v) is 8.86.